The lowest BCUT2D eigenvalue weighted by molar-refractivity contribution is 0.309. The molecule has 0 aliphatic heterocycles. The number of rotatable bonds is 7. The van der Waals surface area contributed by atoms with E-state index < -0.39 is 0 Å². The van der Waals surface area contributed by atoms with Crippen LogP contribution in [0, 0.1) is 0 Å². The summed E-state index contributed by atoms with van der Waals surface area (Å²) < 4.78 is 11.9. The molecule has 2 aromatic carbocycles. The van der Waals surface area contributed by atoms with Gasteiger partial charge < -0.3 is 14.8 Å². The average molecular weight is 385 g/mol. The molecule has 0 bridgehead atoms. The van der Waals surface area contributed by atoms with Gasteiger partial charge in [-0.15, -0.1) is 0 Å². The number of hydrogen-bond donors (Lipinski definition) is 1. The van der Waals surface area contributed by atoms with Gasteiger partial charge in [-0.3, -0.25) is 0 Å². The van der Waals surface area contributed by atoms with Gasteiger partial charge in [0.25, 0.3) is 0 Å². The van der Waals surface area contributed by atoms with Crippen LogP contribution in [0.2, 0.25) is 5.02 Å². The van der Waals surface area contributed by atoms with Crippen LogP contribution in [0.25, 0.3) is 0 Å². The van der Waals surface area contributed by atoms with E-state index in [0.717, 1.165) is 39.6 Å². The highest BCUT2D eigenvalue weighted by Gasteiger charge is 2.10. The molecule has 0 saturated heterocycles. The first-order valence-corrected chi connectivity index (χ1v) is 8.25. The zero-order valence-corrected chi connectivity index (χ0v) is 15.0. The van der Waals surface area contributed by atoms with Crippen molar-refractivity contribution in [2.75, 3.05) is 13.7 Å². The molecule has 0 aliphatic carbocycles. The highest BCUT2D eigenvalue weighted by molar-refractivity contribution is 9.10. The summed E-state index contributed by atoms with van der Waals surface area (Å²) in [5.74, 6) is 1.48. The van der Waals surface area contributed by atoms with Gasteiger partial charge in [-0.1, -0.05) is 23.7 Å². The molecule has 1 N–H and O–H groups in total. The molecule has 0 unspecified atom stereocenters. The van der Waals surface area contributed by atoms with Crippen LogP contribution in [0.1, 0.15) is 18.1 Å². The van der Waals surface area contributed by atoms with Gasteiger partial charge in [-0.25, -0.2) is 0 Å². The maximum absolute atomic E-state index is 5.88. The lowest BCUT2D eigenvalue weighted by atomic mass is 10.2. The van der Waals surface area contributed by atoms with E-state index >= 15 is 0 Å². The maximum atomic E-state index is 5.88. The van der Waals surface area contributed by atoms with Crippen molar-refractivity contribution in [3.05, 3.63) is 57.0 Å². The van der Waals surface area contributed by atoms with Crippen LogP contribution in [0.4, 0.5) is 0 Å². The van der Waals surface area contributed by atoms with Gasteiger partial charge in [0.1, 0.15) is 0 Å². The molecule has 0 spiro atoms. The van der Waals surface area contributed by atoms with Crippen LogP contribution in [0.15, 0.2) is 40.9 Å². The molecule has 0 fully saturated rings. The van der Waals surface area contributed by atoms with Crippen LogP contribution in [0.5, 0.6) is 11.5 Å². The van der Waals surface area contributed by atoms with Crippen molar-refractivity contribution in [1.82, 2.24) is 5.32 Å². The minimum absolute atomic E-state index is 0.602. The van der Waals surface area contributed by atoms with Crippen LogP contribution < -0.4 is 14.8 Å². The summed E-state index contributed by atoms with van der Waals surface area (Å²) in [7, 11) is 1.64. The van der Waals surface area contributed by atoms with E-state index in [9.17, 15) is 0 Å². The van der Waals surface area contributed by atoms with Crippen LogP contribution in [0.3, 0.4) is 0 Å². The highest BCUT2D eigenvalue weighted by Crippen LogP contribution is 2.36. The Kier molecular flexibility index (Phi) is 6.55. The second-order valence-electron chi connectivity index (χ2n) is 4.77. The first-order chi connectivity index (χ1) is 10.6. The first kappa shape index (κ1) is 17.1. The topological polar surface area (TPSA) is 30.5 Å². The lowest BCUT2D eigenvalue weighted by Gasteiger charge is -2.13. The van der Waals surface area contributed by atoms with E-state index in [4.69, 9.17) is 21.1 Å². The van der Waals surface area contributed by atoms with Crippen molar-refractivity contribution < 1.29 is 9.47 Å². The van der Waals surface area contributed by atoms with Gasteiger partial charge in [0.05, 0.1) is 18.2 Å². The second-order valence-corrected chi connectivity index (χ2v) is 6.06. The minimum Gasteiger partial charge on any atom is -0.492 e. The predicted octanol–water partition coefficient (Wildman–Crippen LogP) is 4.80. The lowest BCUT2D eigenvalue weighted by Crippen LogP contribution is -2.13. The Morgan fingerprint density at radius 2 is 1.77 bits per heavy atom. The summed E-state index contributed by atoms with van der Waals surface area (Å²) in [6.07, 6.45) is 0. The van der Waals surface area contributed by atoms with Crippen LogP contribution in [-0.2, 0) is 13.1 Å². The second kappa shape index (κ2) is 8.42. The molecule has 3 nitrogen and oxygen atoms in total. The van der Waals surface area contributed by atoms with Gasteiger partial charge in [0, 0.05) is 18.1 Å². The molecule has 0 heterocycles. The molecule has 0 aromatic heterocycles. The number of benzene rings is 2. The number of nitrogens with one attached hydrogen (secondary N) is 1. The van der Waals surface area contributed by atoms with Gasteiger partial charge in [-0.2, -0.15) is 0 Å². The van der Waals surface area contributed by atoms with Gasteiger partial charge >= 0.3 is 0 Å². The summed E-state index contributed by atoms with van der Waals surface area (Å²) >= 11 is 9.41. The fourth-order valence-corrected chi connectivity index (χ4v) is 2.92. The summed E-state index contributed by atoms with van der Waals surface area (Å²) in [6, 6.07) is 11.9. The van der Waals surface area contributed by atoms with Crippen molar-refractivity contribution in [2.24, 2.45) is 0 Å². The monoisotopic (exact) mass is 383 g/mol. The van der Waals surface area contributed by atoms with Gasteiger partial charge in [0.15, 0.2) is 11.5 Å². The molecule has 22 heavy (non-hydrogen) atoms. The molecule has 118 valence electrons. The fraction of sp³-hybridized carbons (Fsp3) is 0.294. The smallest absolute Gasteiger partial charge is 0.174 e. The quantitative estimate of drug-likeness (QED) is 0.744. The van der Waals surface area contributed by atoms with Crippen molar-refractivity contribution >= 4 is 27.5 Å². The minimum atomic E-state index is 0.602. The molecule has 2 rings (SSSR count). The fourth-order valence-electron chi connectivity index (χ4n) is 2.14. The molecule has 0 amide bonds. The number of ether oxygens (including phenoxy) is 2. The number of methoxy groups -OCH3 is 1. The molecule has 5 heteroatoms. The Bertz CT molecular complexity index is 617. The maximum Gasteiger partial charge on any atom is 0.174 e. The normalized spacial score (nSPS) is 10.5. The van der Waals surface area contributed by atoms with E-state index in [2.05, 4.69) is 21.2 Å². The summed E-state index contributed by atoms with van der Waals surface area (Å²) in [6.45, 7) is 4.08. The van der Waals surface area contributed by atoms with Crippen molar-refractivity contribution in [3.63, 3.8) is 0 Å². The third kappa shape index (κ3) is 4.63. The number of hydrogen-bond acceptors (Lipinski definition) is 3. The molecule has 0 saturated carbocycles. The molecular formula is C17H19BrClNO2. The third-order valence-electron chi connectivity index (χ3n) is 3.14. The Labute approximate surface area is 144 Å². The molecule has 2 aromatic rings. The van der Waals surface area contributed by atoms with Crippen molar-refractivity contribution in [2.45, 2.75) is 20.0 Å². The molecule has 0 aliphatic rings. The van der Waals surface area contributed by atoms with Crippen LogP contribution >= 0.6 is 27.5 Å². The van der Waals surface area contributed by atoms with Crippen molar-refractivity contribution in [3.8, 4) is 11.5 Å². The predicted molar refractivity (Wildman–Crippen MR) is 93.9 cm³/mol. The zero-order valence-electron chi connectivity index (χ0n) is 12.7. The van der Waals surface area contributed by atoms with E-state index in [-0.39, 0.29) is 0 Å². The number of halogens is 2. The van der Waals surface area contributed by atoms with Gasteiger partial charge in [-0.05, 0) is 58.2 Å². The zero-order chi connectivity index (χ0) is 15.9. The Morgan fingerprint density at radius 1 is 1.09 bits per heavy atom. The Hall–Kier alpha value is -1.23. The molecule has 0 atom stereocenters. The van der Waals surface area contributed by atoms with Crippen molar-refractivity contribution in [1.29, 1.82) is 0 Å². The summed E-state index contributed by atoms with van der Waals surface area (Å²) in [5, 5.41) is 4.17. The van der Waals surface area contributed by atoms with Gasteiger partial charge in [0.2, 0.25) is 0 Å². The summed E-state index contributed by atoms with van der Waals surface area (Å²) in [5.41, 5.74) is 2.33. The summed E-state index contributed by atoms with van der Waals surface area (Å²) in [4.78, 5) is 0. The standard InChI is InChI=1S/C17H19BrClNO2/c1-3-22-16-9-13(8-15(18)17(16)21-2)11-20-10-12-4-6-14(19)7-5-12/h4-9,20H,3,10-11H2,1-2H3. The largest absolute Gasteiger partial charge is 0.492 e. The SMILES string of the molecule is CCOc1cc(CNCc2ccc(Cl)cc2)cc(Br)c1OC. The van der Waals surface area contributed by atoms with E-state index in [0.29, 0.717) is 6.61 Å². The van der Waals surface area contributed by atoms with E-state index in [1.54, 1.807) is 7.11 Å². The average Bonchev–Trinajstić information content (AvgIpc) is 2.49. The Morgan fingerprint density at radius 3 is 2.41 bits per heavy atom. The highest BCUT2D eigenvalue weighted by atomic mass is 79.9. The molecular weight excluding hydrogens is 366 g/mol. The molecule has 0 radical (unpaired) electrons. The van der Waals surface area contributed by atoms with E-state index in [1.165, 1.54) is 5.56 Å². The van der Waals surface area contributed by atoms with E-state index in [1.807, 2.05) is 43.3 Å². The third-order valence-corrected chi connectivity index (χ3v) is 3.99. The van der Waals surface area contributed by atoms with Crippen LogP contribution in [-0.4, -0.2) is 13.7 Å². The Balaban J connectivity index is 2.01. The first-order valence-electron chi connectivity index (χ1n) is 7.08.